The van der Waals surface area contributed by atoms with Crippen molar-refractivity contribution in [3.8, 4) is 0 Å². The molecular formula is C13H22N2O3S2. The van der Waals surface area contributed by atoms with Gasteiger partial charge in [-0.25, -0.2) is 13.1 Å². The summed E-state index contributed by atoms with van der Waals surface area (Å²) in [4.78, 5) is 1.22. The molecule has 0 unspecified atom stereocenters. The molecule has 20 heavy (non-hydrogen) atoms. The lowest BCUT2D eigenvalue weighted by atomic mass is 10.4. The molecule has 0 amide bonds. The molecule has 0 saturated heterocycles. The van der Waals surface area contributed by atoms with Crippen LogP contribution in [0, 0.1) is 5.92 Å². The Kier molecular flexibility index (Phi) is 5.98. The van der Waals surface area contributed by atoms with Crippen molar-refractivity contribution < 1.29 is 13.2 Å². The summed E-state index contributed by atoms with van der Waals surface area (Å²) in [5.41, 5.74) is 0. The van der Waals surface area contributed by atoms with E-state index in [0.717, 1.165) is 17.4 Å². The van der Waals surface area contributed by atoms with Crippen molar-refractivity contribution in [1.82, 2.24) is 10.0 Å². The van der Waals surface area contributed by atoms with Crippen LogP contribution in [0.2, 0.25) is 0 Å². The van der Waals surface area contributed by atoms with Crippen LogP contribution in [-0.2, 0) is 21.3 Å². The number of sulfonamides is 1. The van der Waals surface area contributed by atoms with Gasteiger partial charge in [0.25, 0.3) is 0 Å². The molecule has 0 radical (unpaired) electrons. The summed E-state index contributed by atoms with van der Waals surface area (Å²) in [5.74, 6) is 0.751. The lowest BCUT2D eigenvalue weighted by Crippen LogP contribution is -2.26. The van der Waals surface area contributed by atoms with E-state index in [4.69, 9.17) is 4.74 Å². The Labute approximate surface area is 124 Å². The predicted octanol–water partition coefficient (Wildman–Crippen LogP) is 1.56. The van der Waals surface area contributed by atoms with Gasteiger partial charge in [0.05, 0.1) is 4.90 Å². The third-order valence-corrected chi connectivity index (χ3v) is 5.74. The average molecular weight is 318 g/mol. The molecule has 2 rings (SSSR count). The van der Waals surface area contributed by atoms with E-state index < -0.39 is 10.0 Å². The molecule has 0 atom stereocenters. The van der Waals surface area contributed by atoms with Gasteiger partial charge in [0.2, 0.25) is 10.0 Å². The minimum atomic E-state index is -3.40. The molecule has 1 saturated carbocycles. The van der Waals surface area contributed by atoms with Crippen LogP contribution in [0.5, 0.6) is 0 Å². The maximum atomic E-state index is 12.2. The van der Waals surface area contributed by atoms with E-state index in [1.807, 2.05) is 0 Å². The molecule has 0 bridgehead atoms. The lowest BCUT2D eigenvalue weighted by Gasteiger charge is -2.08. The summed E-state index contributed by atoms with van der Waals surface area (Å²) >= 11 is 1.45. The van der Waals surface area contributed by atoms with Crippen LogP contribution in [0.1, 0.15) is 24.1 Å². The molecule has 1 aromatic heterocycles. The van der Waals surface area contributed by atoms with Crippen molar-refractivity contribution in [3.63, 3.8) is 0 Å². The minimum Gasteiger partial charge on any atom is -0.381 e. The van der Waals surface area contributed by atoms with Crippen molar-refractivity contribution in [3.05, 3.63) is 16.3 Å². The highest BCUT2D eigenvalue weighted by Gasteiger charge is 2.21. The molecule has 5 nitrogen and oxygen atoms in total. The largest absolute Gasteiger partial charge is 0.381 e. The highest BCUT2D eigenvalue weighted by Crippen LogP contribution is 2.28. The minimum absolute atomic E-state index is 0.385. The van der Waals surface area contributed by atoms with E-state index in [0.29, 0.717) is 31.0 Å². The normalized spacial score (nSPS) is 15.7. The predicted molar refractivity (Wildman–Crippen MR) is 80.4 cm³/mol. The second-order valence-electron chi connectivity index (χ2n) is 5.01. The van der Waals surface area contributed by atoms with Crippen LogP contribution in [0.3, 0.4) is 0 Å². The van der Waals surface area contributed by atoms with Crippen molar-refractivity contribution in [1.29, 1.82) is 0 Å². The highest BCUT2D eigenvalue weighted by molar-refractivity contribution is 7.89. The maximum absolute atomic E-state index is 12.2. The summed E-state index contributed by atoms with van der Waals surface area (Å²) < 4.78 is 32.5. The Hall–Kier alpha value is -0.470. The number of hydrogen-bond acceptors (Lipinski definition) is 5. The van der Waals surface area contributed by atoms with Crippen LogP contribution in [0.25, 0.3) is 0 Å². The molecule has 0 aliphatic heterocycles. The summed E-state index contributed by atoms with van der Waals surface area (Å²) in [5, 5.41) is 4.79. The second-order valence-corrected chi connectivity index (χ2v) is 7.74. The fourth-order valence-electron chi connectivity index (χ4n) is 1.85. The van der Waals surface area contributed by atoms with E-state index in [1.165, 1.54) is 24.2 Å². The van der Waals surface area contributed by atoms with Gasteiger partial charge < -0.3 is 10.1 Å². The van der Waals surface area contributed by atoms with Gasteiger partial charge in [-0.1, -0.05) is 0 Å². The van der Waals surface area contributed by atoms with Gasteiger partial charge in [-0.15, -0.1) is 11.3 Å². The molecule has 114 valence electrons. The van der Waals surface area contributed by atoms with E-state index >= 15 is 0 Å². The molecule has 1 heterocycles. The van der Waals surface area contributed by atoms with Gasteiger partial charge in [0.15, 0.2) is 0 Å². The van der Waals surface area contributed by atoms with Gasteiger partial charge in [-0.3, -0.25) is 0 Å². The smallest absolute Gasteiger partial charge is 0.241 e. The molecule has 0 spiro atoms. The number of ether oxygens (including phenoxy) is 1. The topological polar surface area (TPSA) is 67.4 Å². The zero-order chi connectivity index (χ0) is 14.4. The Balaban J connectivity index is 1.73. The van der Waals surface area contributed by atoms with Crippen molar-refractivity contribution in [2.45, 2.75) is 30.7 Å². The third kappa shape index (κ3) is 4.82. The zero-order valence-corrected chi connectivity index (χ0v) is 13.4. The van der Waals surface area contributed by atoms with E-state index in [9.17, 15) is 8.42 Å². The Bertz CT molecular complexity index is 509. The Morgan fingerprint density at radius 2 is 2.25 bits per heavy atom. The first-order chi connectivity index (χ1) is 9.63. The third-order valence-electron chi connectivity index (χ3n) is 3.14. The molecule has 0 aromatic carbocycles. The Morgan fingerprint density at radius 3 is 2.95 bits per heavy atom. The SMILES string of the molecule is CNCc1sccc1S(=O)(=O)NCCCOCC1CC1. The lowest BCUT2D eigenvalue weighted by molar-refractivity contribution is 0.123. The van der Waals surface area contributed by atoms with Crippen LogP contribution in [0.15, 0.2) is 16.3 Å². The number of nitrogens with one attached hydrogen (secondary N) is 2. The fourth-order valence-corrected chi connectivity index (χ4v) is 4.38. The molecule has 1 aliphatic rings. The number of rotatable bonds is 10. The number of thiophene rings is 1. The van der Waals surface area contributed by atoms with E-state index in [-0.39, 0.29) is 0 Å². The monoisotopic (exact) mass is 318 g/mol. The summed E-state index contributed by atoms with van der Waals surface area (Å²) in [6.45, 7) is 2.43. The summed E-state index contributed by atoms with van der Waals surface area (Å²) in [6, 6.07) is 1.66. The fraction of sp³-hybridized carbons (Fsp3) is 0.692. The van der Waals surface area contributed by atoms with Crippen LogP contribution < -0.4 is 10.0 Å². The standard InChI is InChI=1S/C13H22N2O3S2/c1-14-9-12-13(5-8-19-12)20(16,17)15-6-2-7-18-10-11-3-4-11/h5,8,11,14-15H,2-4,6-7,9-10H2,1H3. The maximum Gasteiger partial charge on any atom is 0.241 e. The molecular weight excluding hydrogens is 296 g/mol. The van der Waals surface area contributed by atoms with E-state index in [2.05, 4.69) is 10.0 Å². The molecule has 1 aliphatic carbocycles. The summed E-state index contributed by atoms with van der Waals surface area (Å²) in [7, 11) is -1.59. The molecule has 7 heteroatoms. The van der Waals surface area contributed by atoms with E-state index in [1.54, 1.807) is 18.5 Å². The van der Waals surface area contributed by atoms with Gasteiger partial charge in [0.1, 0.15) is 0 Å². The highest BCUT2D eigenvalue weighted by atomic mass is 32.2. The molecule has 1 aromatic rings. The number of hydrogen-bond donors (Lipinski definition) is 2. The Morgan fingerprint density at radius 1 is 1.45 bits per heavy atom. The molecule has 1 fully saturated rings. The zero-order valence-electron chi connectivity index (χ0n) is 11.7. The van der Waals surface area contributed by atoms with Gasteiger partial charge in [-0.2, -0.15) is 0 Å². The first-order valence-electron chi connectivity index (χ1n) is 6.92. The first kappa shape index (κ1) is 15.9. The van der Waals surface area contributed by atoms with Crippen LogP contribution in [0.4, 0.5) is 0 Å². The van der Waals surface area contributed by atoms with Crippen molar-refractivity contribution in [2.24, 2.45) is 5.92 Å². The molecule has 2 N–H and O–H groups in total. The quantitative estimate of drug-likeness (QED) is 0.643. The van der Waals surface area contributed by atoms with Crippen LogP contribution in [-0.4, -0.2) is 35.2 Å². The second kappa shape index (κ2) is 7.51. The van der Waals surface area contributed by atoms with Gasteiger partial charge in [-0.05, 0) is 43.7 Å². The van der Waals surface area contributed by atoms with Gasteiger partial charge in [0, 0.05) is 31.2 Å². The van der Waals surface area contributed by atoms with Crippen molar-refractivity contribution in [2.75, 3.05) is 26.8 Å². The van der Waals surface area contributed by atoms with Crippen LogP contribution >= 0.6 is 11.3 Å². The van der Waals surface area contributed by atoms with Gasteiger partial charge >= 0.3 is 0 Å². The van der Waals surface area contributed by atoms with Crippen molar-refractivity contribution >= 4 is 21.4 Å². The summed E-state index contributed by atoms with van der Waals surface area (Å²) in [6.07, 6.45) is 3.26. The average Bonchev–Trinajstić information content (AvgIpc) is 3.11. The first-order valence-corrected chi connectivity index (χ1v) is 9.28.